The molecule has 1 unspecified atom stereocenters. The van der Waals surface area contributed by atoms with Crippen LogP contribution in [0.5, 0.6) is 0 Å². The van der Waals surface area contributed by atoms with Gasteiger partial charge in [-0.05, 0) is 24.1 Å². The zero-order valence-electron chi connectivity index (χ0n) is 12.9. The molecule has 3 nitrogen and oxygen atoms in total. The maximum atomic E-state index is 4.39. The molecule has 0 bridgehead atoms. The number of nitrogens with zero attached hydrogens (tertiary/aromatic N) is 2. The lowest BCUT2D eigenvalue weighted by atomic mass is 9.99. The summed E-state index contributed by atoms with van der Waals surface area (Å²) < 4.78 is 2.23. The van der Waals surface area contributed by atoms with Crippen molar-refractivity contribution < 1.29 is 0 Å². The second-order valence-electron chi connectivity index (χ2n) is 5.51. The summed E-state index contributed by atoms with van der Waals surface area (Å²) in [4.78, 5) is 4.39. The molecular weight excluding hydrogens is 246 g/mol. The van der Waals surface area contributed by atoms with Crippen molar-refractivity contribution in [1.29, 1.82) is 0 Å². The molecule has 20 heavy (non-hydrogen) atoms. The summed E-state index contributed by atoms with van der Waals surface area (Å²) in [5, 5.41) is 3.41. The Bertz CT molecular complexity index is 525. The van der Waals surface area contributed by atoms with Crippen molar-refractivity contribution in [1.82, 2.24) is 14.9 Å². The molecule has 1 N–H and O–H groups in total. The molecule has 2 rings (SSSR count). The highest BCUT2D eigenvalue weighted by atomic mass is 15.1. The molecule has 0 amide bonds. The van der Waals surface area contributed by atoms with Crippen LogP contribution in [0, 0.1) is 0 Å². The van der Waals surface area contributed by atoms with Crippen molar-refractivity contribution in [3.63, 3.8) is 0 Å². The highest BCUT2D eigenvalue weighted by Crippen LogP contribution is 2.20. The average molecular weight is 271 g/mol. The van der Waals surface area contributed by atoms with Crippen LogP contribution in [0.3, 0.4) is 0 Å². The van der Waals surface area contributed by atoms with Crippen LogP contribution in [0.15, 0.2) is 36.7 Å². The summed E-state index contributed by atoms with van der Waals surface area (Å²) >= 11 is 0. The van der Waals surface area contributed by atoms with Crippen LogP contribution in [0.2, 0.25) is 0 Å². The summed E-state index contributed by atoms with van der Waals surface area (Å²) in [6, 6.07) is 9.26. The van der Waals surface area contributed by atoms with E-state index in [1.807, 2.05) is 13.2 Å². The predicted octanol–water partition coefficient (Wildman–Crippen LogP) is 3.53. The zero-order valence-corrected chi connectivity index (χ0v) is 12.9. The molecule has 0 aliphatic carbocycles. The van der Waals surface area contributed by atoms with Gasteiger partial charge in [0.1, 0.15) is 5.82 Å². The first-order chi connectivity index (χ1) is 9.65. The Morgan fingerprint density at radius 1 is 1.15 bits per heavy atom. The monoisotopic (exact) mass is 271 g/mol. The van der Waals surface area contributed by atoms with Gasteiger partial charge in [0.25, 0.3) is 0 Å². The minimum absolute atomic E-state index is 0.315. The minimum atomic E-state index is 0.315. The first kappa shape index (κ1) is 14.8. The van der Waals surface area contributed by atoms with Crippen LogP contribution < -0.4 is 5.32 Å². The highest BCUT2D eigenvalue weighted by molar-refractivity contribution is 5.27. The van der Waals surface area contributed by atoms with E-state index in [1.54, 1.807) is 0 Å². The quantitative estimate of drug-likeness (QED) is 0.871. The Morgan fingerprint density at radius 2 is 1.80 bits per heavy atom. The summed E-state index contributed by atoms with van der Waals surface area (Å²) in [5.74, 6) is 1.72. The lowest BCUT2D eigenvalue weighted by molar-refractivity contribution is 0.489. The van der Waals surface area contributed by atoms with Gasteiger partial charge in [-0.1, -0.05) is 45.0 Å². The number of nitrogens with one attached hydrogen (secondary N) is 1. The van der Waals surface area contributed by atoms with Gasteiger partial charge in [-0.25, -0.2) is 4.98 Å². The third kappa shape index (κ3) is 3.28. The third-order valence-electron chi connectivity index (χ3n) is 3.85. The smallest absolute Gasteiger partial charge is 0.108 e. The zero-order chi connectivity index (χ0) is 14.5. The van der Waals surface area contributed by atoms with Crippen LogP contribution in [0.25, 0.3) is 0 Å². The van der Waals surface area contributed by atoms with Crippen LogP contribution in [0.1, 0.15) is 49.7 Å². The second kappa shape index (κ2) is 6.71. The van der Waals surface area contributed by atoms with Crippen molar-refractivity contribution >= 4 is 0 Å². The van der Waals surface area contributed by atoms with Crippen LogP contribution in [-0.4, -0.2) is 16.6 Å². The van der Waals surface area contributed by atoms with Crippen molar-refractivity contribution in [3.05, 3.63) is 53.6 Å². The Balaban J connectivity index is 2.15. The Hall–Kier alpha value is -1.61. The molecule has 0 aliphatic heterocycles. The van der Waals surface area contributed by atoms with E-state index in [9.17, 15) is 0 Å². The van der Waals surface area contributed by atoms with E-state index in [-0.39, 0.29) is 0 Å². The van der Waals surface area contributed by atoms with E-state index in [2.05, 4.69) is 66.1 Å². The van der Waals surface area contributed by atoms with Gasteiger partial charge in [0.2, 0.25) is 0 Å². The summed E-state index contributed by atoms with van der Waals surface area (Å²) in [6.07, 6.45) is 4.91. The number of likely N-dealkylation sites (N-methyl/N-ethyl adjacent to an activating group) is 1. The summed E-state index contributed by atoms with van der Waals surface area (Å²) in [5.41, 5.74) is 2.72. The number of aryl methyl sites for hydroxylation is 1. The lowest BCUT2D eigenvalue weighted by Crippen LogP contribution is -2.22. The number of rotatable bonds is 6. The lowest BCUT2D eigenvalue weighted by Gasteiger charge is -2.19. The van der Waals surface area contributed by atoms with Gasteiger partial charge in [0.05, 0.1) is 0 Å². The van der Waals surface area contributed by atoms with E-state index in [0.29, 0.717) is 12.0 Å². The van der Waals surface area contributed by atoms with Gasteiger partial charge < -0.3 is 9.88 Å². The van der Waals surface area contributed by atoms with Crippen molar-refractivity contribution in [2.45, 2.75) is 45.7 Å². The number of hydrogen-bond donors (Lipinski definition) is 1. The van der Waals surface area contributed by atoms with Gasteiger partial charge in [0.15, 0.2) is 0 Å². The minimum Gasteiger partial charge on any atom is -0.333 e. The molecule has 0 fully saturated rings. The van der Waals surface area contributed by atoms with Gasteiger partial charge in [0, 0.05) is 31.4 Å². The van der Waals surface area contributed by atoms with Crippen molar-refractivity contribution in [2.24, 2.45) is 0 Å². The molecule has 1 heterocycles. The number of aromatic nitrogens is 2. The first-order valence-corrected chi connectivity index (χ1v) is 7.42. The Kier molecular flexibility index (Phi) is 4.96. The maximum Gasteiger partial charge on any atom is 0.108 e. The van der Waals surface area contributed by atoms with Crippen LogP contribution in [-0.2, 0) is 13.0 Å². The number of imidazole rings is 1. The Morgan fingerprint density at radius 3 is 2.35 bits per heavy atom. The molecule has 0 saturated heterocycles. The van der Waals surface area contributed by atoms with E-state index in [0.717, 1.165) is 18.8 Å². The number of hydrogen-bond acceptors (Lipinski definition) is 2. The average Bonchev–Trinajstić information content (AvgIpc) is 2.92. The van der Waals surface area contributed by atoms with Crippen LogP contribution >= 0.6 is 0 Å². The highest BCUT2D eigenvalue weighted by Gasteiger charge is 2.12. The largest absolute Gasteiger partial charge is 0.333 e. The molecule has 1 aromatic carbocycles. The molecule has 0 radical (unpaired) electrons. The molecule has 0 saturated carbocycles. The molecule has 0 spiro atoms. The van der Waals surface area contributed by atoms with E-state index < -0.39 is 0 Å². The normalized spacial score (nSPS) is 12.8. The van der Waals surface area contributed by atoms with E-state index in [1.165, 1.54) is 11.1 Å². The SMILES string of the molecule is CCc1nccn1CC(NC)c1ccc(C(C)C)cc1. The molecular formula is C17H25N3. The first-order valence-electron chi connectivity index (χ1n) is 7.42. The predicted molar refractivity (Wildman–Crippen MR) is 83.9 cm³/mol. The fraction of sp³-hybridized carbons (Fsp3) is 0.471. The van der Waals surface area contributed by atoms with Crippen LogP contribution in [0.4, 0.5) is 0 Å². The standard InChI is InChI=1S/C17H25N3/c1-5-17-19-10-11-20(17)12-16(18-4)15-8-6-14(7-9-15)13(2)3/h6-11,13,16,18H,5,12H2,1-4H3. The van der Waals surface area contributed by atoms with Gasteiger partial charge in [-0.15, -0.1) is 0 Å². The molecule has 3 heteroatoms. The summed E-state index contributed by atoms with van der Waals surface area (Å²) in [6.45, 7) is 7.51. The van der Waals surface area contributed by atoms with Gasteiger partial charge in [-0.3, -0.25) is 0 Å². The van der Waals surface area contributed by atoms with E-state index >= 15 is 0 Å². The fourth-order valence-electron chi connectivity index (χ4n) is 2.49. The molecule has 1 aromatic heterocycles. The van der Waals surface area contributed by atoms with E-state index in [4.69, 9.17) is 0 Å². The van der Waals surface area contributed by atoms with Crippen molar-refractivity contribution in [2.75, 3.05) is 7.05 Å². The number of benzene rings is 1. The molecule has 2 aromatic rings. The van der Waals surface area contributed by atoms with Crippen molar-refractivity contribution in [3.8, 4) is 0 Å². The van der Waals surface area contributed by atoms with Gasteiger partial charge >= 0.3 is 0 Å². The topological polar surface area (TPSA) is 29.9 Å². The fourth-order valence-corrected chi connectivity index (χ4v) is 2.49. The maximum absolute atomic E-state index is 4.39. The molecule has 1 atom stereocenters. The second-order valence-corrected chi connectivity index (χ2v) is 5.51. The van der Waals surface area contributed by atoms with Gasteiger partial charge in [-0.2, -0.15) is 0 Å². The third-order valence-corrected chi connectivity index (χ3v) is 3.85. The Labute approximate surface area is 122 Å². The summed E-state index contributed by atoms with van der Waals surface area (Å²) in [7, 11) is 2.02. The molecule has 108 valence electrons. The molecule has 0 aliphatic rings.